The predicted octanol–water partition coefficient (Wildman–Crippen LogP) is 7.86. The maximum absolute atomic E-state index is 12.7. The smallest absolute Gasteiger partial charge is 1.00 e. The van der Waals surface area contributed by atoms with Crippen molar-refractivity contribution in [1.29, 1.82) is 0 Å². The Labute approximate surface area is 357 Å². The molecule has 0 N–H and O–H groups in total. The van der Waals surface area contributed by atoms with E-state index in [0.29, 0.717) is 14.5 Å². The molecule has 56 heavy (non-hydrogen) atoms. The van der Waals surface area contributed by atoms with Crippen LogP contribution in [0.15, 0.2) is 96.1 Å². The van der Waals surface area contributed by atoms with E-state index in [4.69, 9.17) is 0 Å². The molecule has 300 valence electrons. The molecule has 0 spiro atoms. The van der Waals surface area contributed by atoms with Crippen molar-refractivity contribution >= 4 is 3.21 Å². The summed E-state index contributed by atoms with van der Waals surface area (Å²) in [4.78, 5) is 0. The van der Waals surface area contributed by atoms with Gasteiger partial charge in [0.15, 0.2) is 0 Å². The number of rotatable bonds is 2. The van der Waals surface area contributed by atoms with Crippen molar-refractivity contribution < 1.29 is 75.4 Å². The van der Waals surface area contributed by atoms with E-state index in [1.54, 1.807) is 0 Å². The van der Waals surface area contributed by atoms with Crippen molar-refractivity contribution in [3.8, 4) is 11.1 Å². The summed E-state index contributed by atoms with van der Waals surface area (Å²) in [5.74, 6) is 0.518. The molecule has 0 amide bonds. The summed E-state index contributed by atoms with van der Waals surface area (Å²) < 4.78 is 76.7. The third-order valence-electron chi connectivity index (χ3n) is 9.49. The Kier molecular flexibility index (Phi) is 16.3. The number of alkyl halides is 6. The van der Waals surface area contributed by atoms with Crippen molar-refractivity contribution in [2.24, 2.45) is 11.3 Å². The zero-order valence-corrected chi connectivity index (χ0v) is 37.9. The second-order valence-electron chi connectivity index (χ2n) is 17.2. The fourth-order valence-electron chi connectivity index (χ4n) is 6.54. The minimum atomic E-state index is -4.49. The number of halogens is 8. The molecule has 0 bridgehead atoms. The standard InChI is InChI=1S/C21H25.C15H8F6.C11H17.2ClH.Zr/c1-20(2,3)16-7-9-18-14(12-16)11-15-13-17(21(4,5)6)8-10-19(15)18;16-14(17,18)12-5-1-3-10(8-12)7-11-4-2-6-13(9-11)15(19,20)21;1-8-6-9(2)10(7-8)11(3,4)5;;;/h7-10,12H,11H2,1-6H3;1-6,8-9H;7-8H,1-5H3;2*1H;/q-1;;-1;;;+2/p-2. The molecule has 0 saturated carbocycles. The zero-order chi connectivity index (χ0) is 40.6. The first-order valence-corrected chi connectivity index (χ1v) is 19.3. The maximum Gasteiger partial charge on any atom is -1.00 e. The van der Waals surface area contributed by atoms with Crippen LogP contribution in [0.3, 0.4) is 0 Å². The van der Waals surface area contributed by atoms with Crippen LogP contribution >= 0.6 is 0 Å². The second kappa shape index (κ2) is 18.5. The summed E-state index contributed by atoms with van der Waals surface area (Å²) in [5.41, 5.74) is 10.7. The van der Waals surface area contributed by atoms with Crippen LogP contribution in [0, 0.1) is 23.5 Å². The average Bonchev–Trinajstić information content (AvgIpc) is 3.61. The Bertz CT molecular complexity index is 1950. The Morgan fingerprint density at radius 3 is 1.52 bits per heavy atom. The van der Waals surface area contributed by atoms with Gasteiger partial charge in [-0.2, -0.15) is 35.4 Å². The Morgan fingerprint density at radius 2 is 1.12 bits per heavy atom. The van der Waals surface area contributed by atoms with Gasteiger partial charge in [-0.25, -0.2) is 5.57 Å². The Hall–Kier alpha value is -2.73. The third kappa shape index (κ3) is 12.6. The van der Waals surface area contributed by atoms with Gasteiger partial charge >= 0.3 is 137 Å². The minimum absolute atomic E-state index is 0. The van der Waals surface area contributed by atoms with Crippen LogP contribution in [0.2, 0.25) is 0 Å². The largest absolute Gasteiger partial charge is 1.00 e. The molecule has 2 aliphatic rings. The number of benzene rings is 4. The van der Waals surface area contributed by atoms with E-state index < -0.39 is 23.5 Å². The van der Waals surface area contributed by atoms with Gasteiger partial charge in [0.05, 0.1) is 0 Å². The van der Waals surface area contributed by atoms with Crippen LogP contribution < -0.4 is 24.8 Å². The van der Waals surface area contributed by atoms with E-state index >= 15 is 0 Å². The molecule has 0 saturated heterocycles. The summed E-state index contributed by atoms with van der Waals surface area (Å²) >= 11 is 0.729. The van der Waals surface area contributed by atoms with Crippen molar-refractivity contribution in [3.63, 3.8) is 0 Å². The summed E-state index contributed by atoms with van der Waals surface area (Å²) in [6, 6.07) is 24.3. The molecule has 4 aromatic rings. The van der Waals surface area contributed by atoms with Crippen molar-refractivity contribution in [1.82, 2.24) is 0 Å². The molecular formula is C47H50Cl2F6Zr-2. The van der Waals surface area contributed by atoms with E-state index in [2.05, 4.69) is 125 Å². The normalized spacial score (nSPS) is 15.0. The Morgan fingerprint density at radius 1 is 0.625 bits per heavy atom. The van der Waals surface area contributed by atoms with Crippen LogP contribution in [-0.4, -0.2) is 3.21 Å². The van der Waals surface area contributed by atoms with Crippen molar-refractivity contribution in [2.75, 3.05) is 0 Å². The molecule has 9 heteroatoms. The van der Waals surface area contributed by atoms with Gasteiger partial charge in [-0.05, 0) is 28.4 Å². The zero-order valence-electron chi connectivity index (χ0n) is 33.9. The third-order valence-corrected chi connectivity index (χ3v) is 10.9. The minimum Gasteiger partial charge on any atom is -1.00 e. The van der Waals surface area contributed by atoms with Crippen molar-refractivity contribution in [2.45, 2.75) is 106 Å². The first-order chi connectivity index (χ1) is 24.7. The summed E-state index contributed by atoms with van der Waals surface area (Å²) in [6.45, 7) is 24.7. The van der Waals surface area contributed by atoms with Gasteiger partial charge < -0.3 is 24.8 Å². The molecule has 0 nitrogen and oxygen atoms in total. The number of hydrogen-bond acceptors (Lipinski definition) is 0. The Balaban J connectivity index is 0.000000300. The topological polar surface area (TPSA) is 0 Å². The van der Waals surface area contributed by atoms with E-state index in [-0.39, 0.29) is 46.8 Å². The molecule has 0 aromatic heterocycles. The fraction of sp³-hybridized carbons (Fsp3) is 0.383. The van der Waals surface area contributed by atoms with Gasteiger partial charge in [-0.1, -0.05) is 111 Å². The van der Waals surface area contributed by atoms with Crippen LogP contribution in [0.1, 0.15) is 121 Å². The molecule has 0 aliphatic heterocycles. The molecule has 0 heterocycles. The van der Waals surface area contributed by atoms with Crippen LogP contribution in [0.4, 0.5) is 26.3 Å². The first-order valence-electron chi connectivity index (χ1n) is 18.1. The van der Waals surface area contributed by atoms with E-state index in [0.717, 1.165) is 54.9 Å². The predicted molar refractivity (Wildman–Crippen MR) is 206 cm³/mol. The second-order valence-corrected chi connectivity index (χ2v) is 18.5. The molecule has 2 aliphatic carbocycles. The number of hydrogen-bond donors (Lipinski definition) is 0. The van der Waals surface area contributed by atoms with Crippen LogP contribution in [0.25, 0.3) is 11.1 Å². The summed E-state index contributed by atoms with van der Waals surface area (Å²) in [7, 11) is 0. The quantitative estimate of drug-likeness (QED) is 0.125. The number of allylic oxidation sites excluding steroid dienone is 4. The summed E-state index contributed by atoms with van der Waals surface area (Å²) in [5, 5.41) is 0. The van der Waals surface area contributed by atoms with Gasteiger partial charge in [0.2, 0.25) is 0 Å². The summed E-state index contributed by atoms with van der Waals surface area (Å²) in [6.07, 6.45) is -2.23. The molecule has 4 aromatic carbocycles. The molecule has 0 radical (unpaired) electrons. The van der Waals surface area contributed by atoms with Gasteiger partial charge in [0, 0.05) is 0 Å². The van der Waals surface area contributed by atoms with Gasteiger partial charge in [-0.15, -0.1) is 11.1 Å². The molecular weight excluding hydrogens is 841 g/mol. The van der Waals surface area contributed by atoms with Gasteiger partial charge in [0.1, 0.15) is 0 Å². The molecule has 1 atom stereocenters. The fourth-order valence-corrected chi connectivity index (χ4v) is 7.31. The van der Waals surface area contributed by atoms with Gasteiger partial charge in [-0.3, -0.25) is 6.08 Å². The van der Waals surface area contributed by atoms with Crippen LogP contribution in [-0.2, 0) is 53.8 Å². The van der Waals surface area contributed by atoms with E-state index in [1.165, 1.54) is 68.8 Å². The average molecular weight is 891 g/mol. The van der Waals surface area contributed by atoms with E-state index in [9.17, 15) is 26.3 Å². The first kappa shape index (κ1) is 49.4. The molecule has 0 fully saturated rings. The van der Waals surface area contributed by atoms with Crippen molar-refractivity contribution in [3.05, 3.63) is 153 Å². The van der Waals surface area contributed by atoms with Crippen LogP contribution in [0.5, 0.6) is 0 Å². The monoisotopic (exact) mass is 888 g/mol. The molecule has 6 rings (SSSR count). The van der Waals surface area contributed by atoms with E-state index in [1.807, 2.05) is 0 Å². The molecule has 1 unspecified atom stereocenters. The maximum atomic E-state index is 12.7. The SMILES string of the molecule is CC(C)(C)c1[c-]c2c(cc1)-c1ccc(C(C)(C)C)cc1C2.CC1=[C-]C(C)C=C1C(C)(C)C.FC(F)(F)c1cccc([C](=[Zr+2])c2cccc(C(F)(F)F)c2)c1.[Cl-].[Cl-]. The van der Waals surface area contributed by atoms with Gasteiger partial charge in [0.25, 0.3) is 0 Å². The number of fused-ring (bicyclic) bond motifs is 3.